The molecule has 0 aliphatic heterocycles. The SMILES string of the molecule is Cc1cnc(Cn2cncc2-c2cnccc2N)o1. The van der Waals surface area contributed by atoms with Crippen molar-refractivity contribution in [3.63, 3.8) is 0 Å². The van der Waals surface area contributed by atoms with E-state index in [4.69, 9.17) is 10.2 Å². The number of hydrogen-bond donors (Lipinski definition) is 1. The molecule has 0 bridgehead atoms. The number of anilines is 1. The highest BCUT2D eigenvalue weighted by Crippen LogP contribution is 2.24. The molecule has 3 aromatic heterocycles. The number of rotatable bonds is 3. The van der Waals surface area contributed by atoms with Gasteiger partial charge in [-0.25, -0.2) is 9.97 Å². The zero-order valence-corrected chi connectivity index (χ0v) is 10.4. The van der Waals surface area contributed by atoms with Gasteiger partial charge in [0.15, 0.2) is 0 Å². The third-order valence-electron chi connectivity index (χ3n) is 2.82. The van der Waals surface area contributed by atoms with E-state index in [-0.39, 0.29) is 0 Å². The second-order valence-electron chi connectivity index (χ2n) is 4.23. The second-order valence-corrected chi connectivity index (χ2v) is 4.23. The van der Waals surface area contributed by atoms with Crippen molar-refractivity contribution in [2.75, 3.05) is 5.73 Å². The van der Waals surface area contributed by atoms with Crippen molar-refractivity contribution < 1.29 is 4.42 Å². The lowest BCUT2D eigenvalue weighted by atomic mass is 10.2. The molecule has 0 saturated heterocycles. The molecule has 0 spiro atoms. The number of pyridine rings is 1. The van der Waals surface area contributed by atoms with Crippen molar-refractivity contribution >= 4 is 5.69 Å². The lowest BCUT2D eigenvalue weighted by Crippen LogP contribution is -2.02. The van der Waals surface area contributed by atoms with Crippen LogP contribution in [0.4, 0.5) is 5.69 Å². The minimum Gasteiger partial charge on any atom is -0.444 e. The smallest absolute Gasteiger partial charge is 0.214 e. The van der Waals surface area contributed by atoms with Crippen molar-refractivity contribution in [2.24, 2.45) is 0 Å². The third-order valence-corrected chi connectivity index (χ3v) is 2.82. The Morgan fingerprint density at radius 2 is 2.16 bits per heavy atom. The van der Waals surface area contributed by atoms with Crippen LogP contribution in [0, 0.1) is 6.92 Å². The summed E-state index contributed by atoms with van der Waals surface area (Å²) in [6.07, 6.45) is 8.56. The minimum absolute atomic E-state index is 0.511. The molecule has 3 heterocycles. The number of nitrogen functional groups attached to an aromatic ring is 1. The molecule has 3 aromatic rings. The van der Waals surface area contributed by atoms with Gasteiger partial charge in [-0.1, -0.05) is 0 Å². The Bertz CT molecular complexity index is 700. The molecular formula is C13H13N5O. The summed E-state index contributed by atoms with van der Waals surface area (Å²) in [5.41, 5.74) is 8.37. The first-order valence-corrected chi connectivity index (χ1v) is 5.85. The number of hydrogen-bond acceptors (Lipinski definition) is 5. The lowest BCUT2D eigenvalue weighted by Gasteiger charge is -2.07. The van der Waals surface area contributed by atoms with Crippen molar-refractivity contribution in [2.45, 2.75) is 13.5 Å². The quantitative estimate of drug-likeness (QED) is 0.772. The average molecular weight is 255 g/mol. The van der Waals surface area contributed by atoms with Gasteiger partial charge >= 0.3 is 0 Å². The highest BCUT2D eigenvalue weighted by Gasteiger charge is 2.10. The summed E-state index contributed by atoms with van der Waals surface area (Å²) in [5, 5.41) is 0. The fourth-order valence-corrected chi connectivity index (χ4v) is 1.91. The first kappa shape index (κ1) is 11.5. The summed E-state index contributed by atoms with van der Waals surface area (Å²) < 4.78 is 7.40. The molecule has 0 aliphatic rings. The number of oxazole rings is 1. The van der Waals surface area contributed by atoms with E-state index in [0.29, 0.717) is 18.1 Å². The summed E-state index contributed by atoms with van der Waals surface area (Å²) in [7, 11) is 0. The minimum atomic E-state index is 0.511. The van der Waals surface area contributed by atoms with Gasteiger partial charge in [-0.15, -0.1) is 0 Å². The summed E-state index contributed by atoms with van der Waals surface area (Å²) >= 11 is 0. The highest BCUT2D eigenvalue weighted by molar-refractivity contribution is 5.72. The standard InChI is InChI=1S/C13H13N5O/c1-9-4-17-13(19-9)7-18-8-16-6-12(18)10-5-15-3-2-11(10)14/h2-6,8H,7H2,1H3,(H2,14,15). The second kappa shape index (κ2) is 4.56. The largest absolute Gasteiger partial charge is 0.444 e. The summed E-state index contributed by atoms with van der Waals surface area (Å²) in [6.45, 7) is 2.38. The molecule has 0 amide bonds. The van der Waals surface area contributed by atoms with Gasteiger partial charge in [0.25, 0.3) is 0 Å². The van der Waals surface area contributed by atoms with Gasteiger partial charge in [-0.2, -0.15) is 0 Å². The van der Waals surface area contributed by atoms with Crippen molar-refractivity contribution in [1.29, 1.82) is 0 Å². The third kappa shape index (κ3) is 2.20. The van der Waals surface area contributed by atoms with Crippen LogP contribution in [0.25, 0.3) is 11.3 Å². The molecule has 0 aliphatic carbocycles. The van der Waals surface area contributed by atoms with Crippen LogP contribution < -0.4 is 5.73 Å². The molecule has 19 heavy (non-hydrogen) atoms. The molecule has 0 fully saturated rings. The van der Waals surface area contributed by atoms with Crippen LogP contribution in [0.1, 0.15) is 11.7 Å². The molecule has 0 aromatic carbocycles. The Balaban J connectivity index is 1.97. The van der Waals surface area contributed by atoms with E-state index in [0.717, 1.165) is 17.0 Å². The molecule has 3 rings (SSSR count). The predicted molar refractivity (Wildman–Crippen MR) is 70.2 cm³/mol. The van der Waals surface area contributed by atoms with Crippen LogP contribution in [0.15, 0.2) is 41.6 Å². The summed E-state index contributed by atoms with van der Waals surface area (Å²) in [6, 6.07) is 1.77. The fraction of sp³-hybridized carbons (Fsp3) is 0.154. The molecule has 0 atom stereocenters. The maximum absolute atomic E-state index is 5.96. The molecule has 0 unspecified atom stereocenters. The Morgan fingerprint density at radius 1 is 1.26 bits per heavy atom. The number of nitrogens with two attached hydrogens (primary N) is 1. The molecule has 2 N–H and O–H groups in total. The average Bonchev–Trinajstić information content (AvgIpc) is 3.00. The van der Waals surface area contributed by atoms with E-state index in [1.165, 1.54) is 0 Å². The van der Waals surface area contributed by atoms with Crippen LogP contribution in [0.2, 0.25) is 0 Å². The van der Waals surface area contributed by atoms with Crippen LogP contribution in [0.3, 0.4) is 0 Å². The normalized spacial score (nSPS) is 10.8. The van der Waals surface area contributed by atoms with Gasteiger partial charge in [0, 0.05) is 23.6 Å². The van der Waals surface area contributed by atoms with Gasteiger partial charge in [-0.3, -0.25) is 4.98 Å². The van der Waals surface area contributed by atoms with Crippen LogP contribution in [-0.2, 0) is 6.54 Å². The van der Waals surface area contributed by atoms with Crippen molar-refractivity contribution in [1.82, 2.24) is 19.5 Å². The zero-order valence-electron chi connectivity index (χ0n) is 10.4. The topological polar surface area (TPSA) is 82.8 Å². The molecule has 6 nitrogen and oxygen atoms in total. The first-order valence-electron chi connectivity index (χ1n) is 5.85. The molecular weight excluding hydrogens is 242 g/mol. The Morgan fingerprint density at radius 3 is 2.89 bits per heavy atom. The molecule has 96 valence electrons. The van der Waals surface area contributed by atoms with E-state index in [2.05, 4.69) is 15.0 Å². The number of imidazole rings is 1. The number of nitrogens with zero attached hydrogens (tertiary/aromatic N) is 4. The van der Waals surface area contributed by atoms with Gasteiger partial charge in [0.1, 0.15) is 12.3 Å². The predicted octanol–water partition coefficient (Wildman–Crippen LogP) is 1.87. The first-order chi connectivity index (χ1) is 9.24. The van der Waals surface area contributed by atoms with Gasteiger partial charge in [-0.05, 0) is 13.0 Å². The maximum Gasteiger partial charge on any atom is 0.214 e. The van der Waals surface area contributed by atoms with Gasteiger partial charge in [0.2, 0.25) is 5.89 Å². The Kier molecular flexibility index (Phi) is 2.75. The van der Waals surface area contributed by atoms with Crippen LogP contribution in [0.5, 0.6) is 0 Å². The zero-order chi connectivity index (χ0) is 13.2. The van der Waals surface area contributed by atoms with Gasteiger partial charge in [0.05, 0.1) is 24.4 Å². The molecule has 0 radical (unpaired) electrons. The Hall–Kier alpha value is -2.63. The van der Waals surface area contributed by atoms with E-state index in [1.807, 2.05) is 11.5 Å². The summed E-state index contributed by atoms with van der Waals surface area (Å²) in [4.78, 5) is 12.4. The van der Waals surface area contributed by atoms with E-state index >= 15 is 0 Å². The van der Waals surface area contributed by atoms with Gasteiger partial charge < -0.3 is 14.7 Å². The summed E-state index contributed by atoms with van der Waals surface area (Å²) in [5.74, 6) is 1.43. The highest BCUT2D eigenvalue weighted by atomic mass is 16.4. The van der Waals surface area contributed by atoms with Crippen LogP contribution >= 0.6 is 0 Å². The van der Waals surface area contributed by atoms with E-state index in [9.17, 15) is 0 Å². The maximum atomic E-state index is 5.96. The lowest BCUT2D eigenvalue weighted by molar-refractivity contribution is 0.458. The van der Waals surface area contributed by atoms with Crippen molar-refractivity contribution in [3.05, 3.63) is 48.8 Å². The monoisotopic (exact) mass is 255 g/mol. The van der Waals surface area contributed by atoms with E-state index < -0.39 is 0 Å². The van der Waals surface area contributed by atoms with E-state index in [1.54, 1.807) is 37.2 Å². The number of aromatic nitrogens is 4. The van der Waals surface area contributed by atoms with Crippen LogP contribution in [-0.4, -0.2) is 19.5 Å². The Labute approximate surface area is 109 Å². The van der Waals surface area contributed by atoms with Crippen molar-refractivity contribution in [3.8, 4) is 11.3 Å². The fourth-order valence-electron chi connectivity index (χ4n) is 1.91. The molecule has 0 saturated carbocycles. The molecule has 6 heteroatoms. The number of aryl methyl sites for hydroxylation is 1.